The summed E-state index contributed by atoms with van der Waals surface area (Å²) in [7, 11) is 0. The maximum atomic E-state index is 12.4. The molecule has 0 bridgehead atoms. The van der Waals surface area contributed by atoms with Crippen LogP contribution >= 0.6 is 0 Å². The molecule has 0 aliphatic rings. The predicted octanol–water partition coefficient (Wildman–Crippen LogP) is 2.67. The molecule has 126 valence electrons. The Kier molecular flexibility index (Phi) is 5.04. The van der Waals surface area contributed by atoms with Crippen LogP contribution in [-0.2, 0) is 11.3 Å². The molecule has 3 rings (SSSR count). The van der Waals surface area contributed by atoms with Crippen molar-refractivity contribution in [3.05, 3.63) is 78.1 Å². The number of hydrogen-bond donors (Lipinski definition) is 2. The fraction of sp³-hybridized carbons (Fsp3) is 0.150. The highest BCUT2D eigenvalue weighted by Crippen LogP contribution is 2.15. The van der Waals surface area contributed by atoms with E-state index in [1.165, 1.54) is 0 Å². The molecule has 0 radical (unpaired) electrons. The molecule has 0 saturated carbocycles. The Balaban J connectivity index is 1.59. The largest absolute Gasteiger partial charge is 0.350 e. The van der Waals surface area contributed by atoms with E-state index in [-0.39, 0.29) is 11.8 Å². The van der Waals surface area contributed by atoms with Gasteiger partial charge in [0.2, 0.25) is 5.91 Å². The Labute approximate surface area is 146 Å². The van der Waals surface area contributed by atoms with Crippen molar-refractivity contribution in [3.8, 4) is 0 Å². The molecule has 1 heterocycles. The van der Waals surface area contributed by atoms with E-state index in [2.05, 4.69) is 15.6 Å². The third-order valence-corrected chi connectivity index (χ3v) is 3.94. The predicted molar refractivity (Wildman–Crippen MR) is 97.0 cm³/mol. The van der Waals surface area contributed by atoms with E-state index in [0.29, 0.717) is 12.1 Å². The summed E-state index contributed by atoms with van der Waals surface area (Å²) in [5.74, 6) is -0.507. The second kappa shape index (κ2) is 7.57. The van der Waals surface area contributed by atoms with Crippen molar-refractivity contribution in [2.24, 2.45) is 0 Å². The van der Waals surface area contributed by atoms with Crippen LogP contribution in [0.4, 0.5) is 0 Å². The van der Waals surface area contributed by atoms with Gasteiger partial charge in [-0.1, -0.05) is 36.4 Å². The zero-order chi connectivity index (χ0) is 17.6. The first kappa shape index (κ1) is 16.6. The van der Waals surface area contributed by atoms with Crippen LogP contribution in [0.2, 0.25) is 0 Å². The van der Waals surface area contributed by atoms with Crippen molar-refractivity contribution in [1.29, 1.82) is 0 Å². The average molecular weight is 333 g/mol. The molecular formula is C20H19N3O2. The minimum atomic E-state index is -0.629. The molecule has 0 aliphatic carbocycles. The van der Waals surface area contributed by atoms with Crippen molar-refractivity contribution in [3.63, 3.8) is 0 Å². The van der Waals surface area contributed by atoms with Crippen LogP contribution < -0.4 is 10.6 Å². The Bertz CT molecular complexity index is 894. The van der Waals surface area contributed by atoms with E-state index in [1.54, 1.807) is 25.4 Å². The summed E-state index contributed by atoms with van der Waals surface area (Å²) in [5, 5.41) is 7.58. The minimum Gasteiger partial charge on any atom is -0.350 e. The van der Waals surface area contributed by atoms with Gasteiger partial charge in [0.25, 0.3) is 5.91 Å². The zero-order valence-corrected chi connectivity index (χ0v) is 13.9. The summed E-state index contributed by atoms with van der Waals surface area (Å²) in [6.45, 7) is 2.04. The normalized spacial score (nSPS) is 11.7. The van der Waals surface area contributed by atoms with Crippen LogP contribution in [0.3, 0.4) is 0 Å². The number of pyridine rings is 1. The number of carbonyl (C=O) groups excluding carboxylic acids is 2. The molecule has 1 atom stereocenters. The zero-order valence-electron chi connectivity index (χ0n) is 13.9. The smallest absolute Gasteiger partial charge is 0.251 e. The summed E-state index contributed by atoms with van der Waals surface area (Å²) in [6, 6.07) is 16.4. The van der Waals surface area contributed by atoms with Crippen molar-refractivity contribution in [2.45, 2.75) is 19.5 Å². The standard InChI is InChI=1S/C20H19N3O2/c1-14(19(24)22-13-15-5-4-10-21-12-15)23-20(25)18-9-8-16-6-2-3-7-17(16)11-18/h2-12,14H,13H2,1H3,(H,22,24)(H,23,25)/t14-/m0/s1. The van der Waals surface area contributed by atoms with E-state index in [9.17, 15) is 9.59 Å². The van der Waals surface area contributed by atoms with E-state index in [1.807, 2.05) is 48.5 Å². The van der Waals surface area contributed by atoms with Crippen LogP contribution in [-0.4, -0.2) is 22.8 Å². The van der Waals surface area contributed by atoms with E-state index in [0.717, 1.165) is 16.3 Å². The molecule has 3 aromatic rings. The van der Waals surface area contributed by atoms with Gasteiger partial charge in [-0.25, -0.2) is 0 Å². The molecule has 2 N–H and O–H groups in total. The van der Waals surface area contributed by atoms with Crippen molar-refractivity contribution >= 4 is 22.6 Å². The van der Waals surface area contributed by atoms with Crippen molar-refractivity contribution in [1.82, 2.24) is 15.6 Å². The van der Waals surface area contributed by atoms with Gasteiger partial charge in [-0.2, -0.15) is 0 Å². The second-order valence-electron chi connectivity index (χ2n) is 5.84. The van der Waals surface area contributed by atoms with Gasteiger partial charge in [0.15, 0.2) is 0 Å². The van der Waals surface area contributed by atoms with Gasteiger partial charge in [-0.05, 0) is 41.5 Å². The van der Waals surface area contributed by atoms with Gasteiger partial charge >= 0.3 is 0 Å². The molecule has 1 aromatic heterocycles. The van der Waals surface area contributed by atoms with Crippen LogP contribution in [0, 0.1) is 0 Å². The molecule has 2 amide bonds. The number of nitrogens with one attached hydrogen (secondary N) is 2. The number of fused-ring (bicyclic) bond motifs is 1. The molecule has 0 fully saturated rings. The summed E-state index contributed by atoms with van der Waals surface area (Å²) < 4.78 is 0. The van der Waals surface area contributed by atoms with Crippen LogP contribution in [0.25, 0.3) is 10.8 Å². The number of nitrogens with zero attached hydrogens (tertiary/aromatic N) is 1. The lowest BCUT2D eigenvalue weighted by molar-refractivity contribution is -0.122. The molecule has 0 spiro atoms. The lowest BCUT2D eigenvalue weighted by atomic mass is 10.1. The average Bonchev–Trinajstić information content (AvgIpc) is 2.66. The second-order valence-corrected chi connectivity index (χ2v) is 5.84. The van der Waals surface area contributed by atoms with Crippen molar-refractivity contribution < 1.29 is 9.59 Å². The Morgan fingerprint density at radius 1 is 1.04 bits per heavy atom. The molecule has 0 saturated heterocycles. The van der Waals surface area contributed by atoms with E-state index < -0.39 is 6.04 Å². The highest BCUT2D eigenvalue weighted by molar-refractivity contribution is 6.00. The molecule has 5 nitrogen and oxygen atoms in total. The van der Waals surface area contributed by atoms with Crippen molar-refractivity contribution in [2.75, 3.05) is 0 Å². The number of amides is 2. The third kappa shape index (κ3) is 4.20. The van der Waals surface area contributed by atoms with E-state index in [4.69, 9.17) is 0 Å². The summed E-state index contributed by atoms with van der Waals surface area (Å²) in [5.41, 5.74) is 1.44. The van der Waals surface area contributed by atoms with Crippen LogP contribution in [0.15, 0.2) is 67.0 Å². The van der Waals surface area contributed by atoms with Gasteiger partial charge in [-0.15, -0.1) is 0 Å². The van der Waals surface area contributed by atoms with Gasteiger partial charge in [-0.3, -0.25) is 14.6 Å². The van der Waals surface area contributed by atoms with Crippen LogP contribution in [0.5, 0.6) is 0 Å². The van der Waals surface area contributed by atoms with Crippen LogP contribution in [0.1, 0.15) is 22.8 Å². The fourth-order valence-electron chi connectivity index (χ4n) is 2.52. The monoisotopic (exact) mass is 333 g/mol. The van der Waals surface area contributed by atoms with Gasteiger partial charge in [0.05, 0.1) is 0 Å². The summed E-state index contributed by atoms with van der Waals surface area (Å²) >= 11 is 0. The molecule has 0 unspecified atom stereocenters. The SMILES string of the molecule is C[C@H](NC(=O)c1ccc2ccccc2c1)C(=O)NCc1cccnc1. The lowest BCUT2D eigenvalue weighted by Crippen LogP contribution is -2.44. The number of aromatic nitrogens is 1. The quantitative estimate of drug-likeness (QED) is 0.754. The molecule has 0 aliphatic heterocycles. The first-order valence-electron chi connectivity index (χ1n) is 8.10. The van der Waals surface area contributed by atoms with E-state index >= 15 is 0 Å². The Hall–Kier alpha value is -3.21. The number of rotatable bonds is 5. The molecule has 5 heteroatoms. The summed E-state index contributed by atoms with van der Waals surface area (Å²) in [4.78, 5) is 28.5. The van der Waals surface area contributed by atoms with Gasteiger partial charge in [0.1, 0.15) is 6.04 Å². The topological polar surface area (TPSA) is 71.1 Å². The highest BCUT2D eigenvalue weighted by Gasteiger charge is 2.16. The number of hydrogen-bond acceptors (Lipinski definition) is 3. The number of benzene rings is 2. The Morgan fingerprint density at radius 3 is 2.60 bits per heavy atom. The first-order chi connectivity index (χ1) is 12.1. The lowest BCUT2D eigenvalue weighted by Gasteiger charge is -2.14. The summed E-state index contributed by atoms with van der Waals surface area (Å²) in [6.07, 6.45) is 3.37. The maximum Gasteiger partial charge on any atom is 0.251 e. The highest BCUT2D eigenvalue weighted by atomic mass is 16.2. The fourth-order valence-corrected chi connectivity index (χ4v) is 2.52. The van der Waals surface area contributed by atoms with Gasteiger partial charge < -0.3 is 10.6 Å². The maximum absolute atomic E-state index is 12.4. The number of carbonyl (C=O) groups is 2. The molecular weight excluding hydrogens is 314 g/mol. The first-order valence-corrected chi connectivity index (χ1v) is 8.10. The Morgan fingerprint density at radius 2 is 1.84 bits per heavy atom. The minimum absolute atomic E-state index is 0.238. The molecule has 25 heavy (non-hydrogen) atoms. The molecule has 2 aromatic carbocycles. The third-order valence-electron chi connectivity index (χ3n) is 3.94. The van der Waals surface area contributed by atoms with Gasteiger partial charge in [0, 0.05) is 24.5 Å².